The molecule has 0 saturated heterocycles. The molecule has 0 aliphatic rings. The third-order valence-electron chi connectivity index (χ3n) is 5.37. The summed E-state index contributed by atoms with van der Waals surface area (Å²) in [4.78, 5) is 12.0. The summed E-state index contributed by atoms with van der Waals surface area (Å²) in [5.74, 6) is -0.414. The van der Waals surface area contributed by atoms with Gasteiger partial charge in [-0.15, -0.1) is 0 Å². The second kappa shape index (κ2) is 6.24. The van der Waals surface area contributed by atoms with Crippen molar-refractivity contribution in [1.29, 1.82) is 0 Å². The number of nitrogens with zero attached hydrogens (tertiary/aromatic N) is 1. The van der Waals surface area contributed by atoms with Gasteiger partial charge in [0, 0.05) is 22.9 Å². The molecular formula is C25H19N2O. The summed E-state index contributed by atoms with van der Waals surface area (Å²) in [6.45, 7) is 2.82. The number of nitrogens with two attached hydrogens (primary N) is 1. The number of amides is 1. The molecule has 28 heavy (non-hydrogen) atoms. The molecule has 1 amide bonds. The summed E-state index contributed by atoms with van der Waals surface area (Å²) in [5.41, 5.74) is 10.7. The molecule has 0 unspecified atom stereocenters. The normalized spacial score (nSPS) is 11.5. The first kappa shape index (κ1) is 16.6. The van der Waals surface area contributed by atoms with Gasteiger partial charge in [-0.25, -0.2) is 0 Å². The highest BCUT2D eigenvalue weighted by molar-refractivity contribution is 6.17. The van der Waals surface area contributed by atoms with Gasteiger partial charge in [0.1, 0.15) is 0 Å². The maximum absolute atomic E-state index is 12.0. The number of benzene rings is 4. The molecule has 0 aliphatic heterocycles. The molecule has 4 aromatic carbocycles. The average Bonchev–Trinajstić information content (AvgIpc) is 3.02. The van der Waals surface area contributed by atoms with Gasteiger partial charge in [0.15, 0.2) is 0 Å². The number of hydrogen-bond donors (Lipinski definition) is 1. The number of hydrogen-bond acceptors (Lipinski definition) is 1. The van der Waals surface area contributed by atoms with Gasteiger partial charge in [0.25, 0.3) is 0 Å². The van der Waals surface area contributed by atoms with Crippen LogP contribution in [0, 0.1) is 13.0 Å². The van der Waals surface area contributed by atoms with Crippen LogP contribution in [0.25, 0.3) is 32.6 Å². The second-order valence-corrected chi connectivity index (χ2v) is 7.27. The van der Waals surface area contributed by atoms with Crippen LogP contribution in [0.2, 0.25) is 0 Å². The van der Waals surface area contributed by atoms with E-state index >= 15 is 0 Å². The van der Waals surface area contributed by atoms with Crippen molar-refractivity contribution < 1.29 is 4.79 Å². The summed E-state index contributed by atoms with van der Waals surface area (Å²) < 4.78 is 2.24. The van der Waals surface area contributed by atoms with Gasteiger partial charge in [0.2, 0.25) is 5.91 Å². The van der Waals surface area contributed by atoms with Gasteiger partial charge in [0.05, 0.1) is 11.0 Å². The highest BCUT2D eigenvalue weighted by Crippen LogP contribution is 2.32. The summed E-state index contributed by atoms with van der Waals surface area (Å²) in [6.07, 6.45) is 0. The first-order chi connectivity index (χ1) is 13.6. The van der Waals surface area contributed by atoms with E-state index in [1.165, 1.54) is 21.9 Å². The molecule has 1 heterocycles. The number of aromatic nitrogens is 1. The fourth-order valence-electron chi connectivity index (χ4n) is 4.08. The monoisotopic (exact) mass is 363 g/mol. The number of carbonyl (C=O) groups excluding carboxylic acids is 1. The largest absolute Gasteiger partial charge is 0.366 e. The molecule has 135 valence electrons. The second-order valence-electron chi connectivity index (χ2n) is 7.27. The number of carbonyl (C=O) groups is 1. The molecule has 5 aromatic rings. The molecular weight excluding hydrogens is 344 g/mol. The predicted molar refractivity (Wildman–Crippen MR) is 115 cm³/mol. The Balaban J connectivity index is 1.73. The van der Waals surface area contributed by atoms with E-state index in [4.69, 9.17) is 5.73 Å². The zero-order valence-electron chi connectivity index (χ0n) is 15.6. The SMILES string of the molecule is Cc1ccc2cc(Cn3c4ccc[c]c4c4c(C(N)=O)cccc43)ccc2c1. The maximum Gasteiger partial charge on any atom is 0.249 e. The zero-order chi connectivity index (χ0) is 19.3. The minimum Gasteiger partial charge on any atom is -0.366 e. The fraction of sp³-hybridized carbons (Fsp3) is 0.0800. The molecule has 0 atom stereocenters. The van der Waals surface area contributed by atoms with Gasteiger partial charge in [-0.05, 0) is 53.6 Å². The number of aryl methyl sites for hydroxylation is 1. The van der Waals surface area contributed by atoms with Crippen molar-refractivity contribution in [3.8, 4) is 0 Å². The van der Waals surface area contributed by atoms with E-state index in [1.807, 2.05) is 24.3 Å². The number of rotatable bonds is 3. The lowest BCUT2D eigenvalue weighted by Gasteiger charge is -2.10. The van der Waals surface area contributed by atoms with Crippen molar-refractivity contribution in [2.24, 2.45) is 5.73 Å². The Morgan fingerprint density at radius 3 is 2.61 bits per heavy atom. The lowest BCUT2D eigenvalue weighted by molar-refractivity contribution is 0.100. The average molecular weight is 363 g/mol. The number of fused-ring (bicyclic) bond motifs is 4. The Hall–Kier alpha value is -3.59. The van der Waals surface area contributed by atoms with Gasteiger partial charge in [-0.1, -0.05) is 54.1 Å². The van der Waals surface area contributed by atoms with Crippen LogP contribution in [-0.2, 0) is 6.54 Å². The first-order valence-corrected chi connectivity index (χ1v) is 9.32. The Morgan fingerprint density at radius 1 is 0.964 bits per heavy atom. The summed E-state index contributed by atoms with van der Waals surface area (Å²) in [7, 11) is 0. The predicted octanol–water partition coefficient (Wildman–Crippen LogP) is 5.20. The summed E-state index contributed by atoms with van der Waals surface area (Å²) in [5, 5.41) is 4.29. The topological polar surface area (TPSA) is 48.0 Å². The molecule has 1 aromatic heterocycles. The van der Waals surface area contributed by atoms with Gasteiger partial charge >= 0.3 is 0 Å². The first-order valence-electron chi connectivity index (χ1n) is 9.32. The van der Waals surface area contributed by atoms with Crippen LogP contribution in [0.3, 0.4) is 0 Å². The Kier molecular flexibility index (Phi) is 3.69. The van der Waals surface area contributed by atoms with E-state index in [1.54, 1.807) is 6.07 Å². The molecule has 0 fully saturated rings. The molecule has 0 aliphatic carbocycles. The third-order valence-corrected chi connectivity index (χ3v) is 5.37. The summed E-state index contributed by atoms with van der Waals surface area (Å²) >= 11 is 0. The van der Waals surface area contributed by atoms with Crippen LogP contribution in [0.5, 0.6) is 0 Å². The Morgan fingerprint density at radius 2 is 1.75 bits per heavy atom. The van der Waals surface area contributed by atoms with Crippen LogP contribution in [0.15, 0.2) is 72.8 Å². The van der Waals surface area contributed by atoms with E-state index in [0.29, 0.717) is 12.1 Å². The van der Waals surface area contributed by atoms with E-state index in [0.717, 1.165) is 21.8 Å². The van der Waals surface area contributed by atoms with Crippen LogP contribution in [0.1, 0.15) is 21.5 Å². The minimum atomic E-state index is -0.414. The van der Waals surface area contributed by atoms with Crippen LogP contribution < -0.4 is 5.73 Å². The van der Waals surface area contributed by atoms with Gasteiger partial charge in [-0.2, -0.15) is 0 Å². The molecule has 5 rings (SSSR count). The van der Waals surface area contributed by atoms with E-state index in [-0.39, 0.29) is 0 Å². The Bertz CT molecular complexity index is 1380. The number of primary amides is 1. The van der Waals surface area contributed by atoms with Gasteiger partial charge < -0.3 is 10.3 Å². The lowest BCUT2D eigenvalue weighted by atomic mass is 10.0. The lowest BCUT2D eigenvalue weighted by Crippen LogP contribution is -2.11. The van der Waals surface area contributed by atoms with Crippen molar-refractivity contribution >= 4 is 38.5 Å². The summed E-state index contributed by atoms with van der Waals surface area (Å²) in [6, 6.07) is 28.0. The Labute approximate surface area is 163 Å². The zero-order valence-corrected chi connectivity index (χ0v) is 15.6. The molecule has 3 nitrogen and oxygen atoms in total. The third kappa shape index (κ3) is 2.55. The van der Waals surface area contributed by atoms with E-state index in [9.17, 15) is 4.79 Å². The van der Waals surface area contributed by atoms with Crippen molar-refractivity contribution in [3.63, 3.8) is 0 Å². The molecule has 2 N–H and O–H groups in total. The molecule has 3 heteroatoms. The van der Waals surface area contributed by atoms with E-state index in [2.05, 4.69) is 60.0 Å². The van der Waals surface area contributed by atoms with Crippen LogP contribution in [-0.4, -0.2) is 10.5 Å². The minimum absolute atomic E-state index is 0.414. The van der Waals surface area contributed by atoms with Crippen LogP contribution >= 0.6 is 0 Å². The molecule has 1 radical (unpaired) electrons. The molecule has 0 saturated carbocycles. The van der Waals surface area contributed by atoms with Crippen LogP contribution in [0.4, 0.5) is 0 Å². The highest BCUT2D eigenvalue weighted by Gasteiger charge is 2.16. The smallest absolute Gasteiger partial charge is 0.249 e. The van der Waals surface area contributed by atoms with Gasteiger partial charge in [-0.3, -0.25) is 4.79 Å². The van der Waals surface area contributed by atoms with Crippen molar-refractivity contribution in [2.75, 3.05) is 0 Å². The maximum atomic E-state index is 12.0. The fourth-order valence-corrected chi connectivity index (χ4v) is 4.08. The van der Waals surface area contributed by atoms with Crippen molar-refractivity contribution in [2.45, 2.75) is 13.5 Å². The van der Waals surface area contributed by atoms with Crippen molar-refractivity contribution in [1.82, 2.24) is 4.57 Å². The highest BCUT2D eigenvalue weighted by atomic mass is 16.1. The molecule has 0 spiro atoms. The quantitative estimate of drug-likeness (QED) is 0.470. The van der Waals surface area contributed by atoms with E-state index < -0.39 is 5.91 Å². The van der Waals surface area contributed by atoms with Crippen molar-refractivity contribution in [3.05, 3.63) is 95.6 Å². The molecule has 0 bridgehead atoms. The standard InChI is InChI=1S/C25H19N2O/c1-16-9-11-19-14-17(10-12-18(19)13-16)15-27-22-7-3-2-5-20(22)24-21(25(26)28)6-4-8-23(24)27/h2-4,6-14H,15H2,1H3,(H2,26,28).